The lowest BCUT2D eigenvalue weighted by Crippen LogP contribution is -2.41. The summed E-state index contributed by atoms with van der Waals surface area (Å²) < 4.78 is 6.43. The first kappa shape index (κ1) is 25.0. The van der Waals surface area contributed by atoms with E-state index in [0.29, 0.717) is 11.5 Å². The van der Waals surface area contributed by atoms with E-state index in [-0.39, 0.29) is 11.8 Å². The number of aryl methyl sites for hydroxylation is 1. The molecule has 4 heteroatoms. The fraction of sp³-hybridized carbons (Fsp3) is 0.633. The Morgan fingerprint density at radius 2 is 1.82 bits per heavy atom. The zero-order chi connectivity index (χ0) is 24.5. The molecule has 2 atom stereocenters. The quantitative estimate of drug-likeness (QED) is 0.502. The van der Waals surface area contributed by atoms with Crippen molar-refractivity contribution >= 4 is 16.7 Å². The van der Waals surface area contributed by atoms with Gasteiger partial charge in [-0.2, -0.15) is 0 Å². The van der Waals surface area contributed by atoms with Crippen LogP contribution >= 0.6 is 0 Å². The molecule has 0 aromatic heterocycles. The Hall–Kier alpha value is -2.07. The molecule has 2 aromatic rings. The van der Waals surface area contributed by atoms with Gasteiger partial charge in [0.15, 0.2) is 0 Å². The lowest BCUT2D eigenvalue weighted by atomic mass is 9.72. The molecule has 2 aliphatic rings. The smallest absolute Gasteiger partial charge is 0.306 e. The maximum Gasteiger partial charge on any atom is 0.306 e. The van der Waals surface area contributed by atoms with E-state index in [1.165, 1.54) is 34.7 Å². The number of fused-ring (bicyclic) bond motifs is 1. The summed E-state index contributed by atoms with van der Waals surface area (Å²) in [6.45, 7) is 14.0. The summed E-state index contributed by atoms with van der Waals surface area (Å²) >= 11 is 0. The van der Waals surface area contributed by atoms with Gasteiger partial charge in [0.25, 0.3) is 0 Å². The Kier molecular flexibility index (Phi) is 7.57. The van der Waals surface area contributed by atoms with Crippen molar-refractivity contribution in [2.75, 3.05) is 13.1 Å². The van der Waals surface area contributed by atoms with Crippen LogP contribution in [0.3, 0.4) is 0 Å². The molecule has 2 fully saturated rings. The lowest BCUT2D eigenvalue weighted by molar-refractivity contribution is -0.145. The van der Waals surface area contributed by atoms with Gasteiger partial charge in [-0.3, -0.25) is 9.69 Å². The second kappa shape index (κ2) is 10.3. The van der Waals surface area contributed by atoms with Crippen LogP contribution in [0.5, 0.6) is 5.75 Å². The summed E-state index contributed by atoms with van der Waals surface area (Å²) in [6.07, 6.45) is 6.87. The first-order valence-corrected chi connectivity index (χ1v) is 13.3. The fourth-order valence-corrected chi connectivity index (χ4v) is 6.28. The van der Waals surface area contributed by atoms with E-state index in [2.05, 4.69) is 69.9 Å². The minimum absolute atomic E-state index is 0.190. The molecule has 2 unspecified atom stereocenters. The highest BCUT2D eigenvalue weighted by molar-refractivity contribution is 5.88. The summed E-state index contributed by atoms with van der Waals surface area (Å²) in [4.78, 5) is 13.9. The van der Waals surface area contributed by atoms with Crippen LogP contribution in [0, 0.1) is 23.2 Å². The average Bonchev–Trinajstić information content (AvgIpc) is 2.78. The molecule has 0 amide bonds. The zero-order valence-electron chi connectivity index (χ0n) is 21.8. The normalized spacial score (nSPS) is 26.5. The van der Waals surface area contributed by atoms with Crippen molar-refractivity contribution in [3.05, 3.63) is 41.5 Å². The van der Waals surface area contributed by atoms with Crippen LogP contribution in [-0.2, 0) is 17.8 Å². The van der Waals surface area contributed by atoms with Gasteiger partial charge >= 0.3 is 5.97 Å². The maximum atomic E-state index is 11.5. The highest BCUT2D eigenvalue weighted by Gasteiger charge is 2.32. The van der Waals surface area contributed by atoms with Gasteiger partial charge in [0.05, 0.1) is 12.0 Å². The highest BCUT2D eigenvalue weighted by Crippen LogP contribution is 2.39. The van der Waals surface area contributed by atoms with E-state index in [0.717, 1.165) is 57.0 Å². The fourth-order valence-electron chi connectivity index (χ4n) is 6.28. The second-order valence-corrected chi connectivity index (χ2v) is 11.8. The number of carboxylic acid groups (broad SMARTS) is 1. The van der Waals surface area contributed by atoms with Gasteiger partial charge in [-0.1, -0.05) is 52.8 Å². The third-order valence-electron chi connectivity index (χ3n) is 8.46. The van der Waals surface area contributed by atoms with Crippen molar-refractivity contribution in [2.24, 2.45) is 23.2 Å². The molecule has 0 bridgehead atoms. The molecule has 186 valence electrons. The SMILES string of the molecule is CCc1c(CN2CCC(C(=O)O)C(C)C2)ccc2cc(OC3CCC(C(C)(C)C)CC3)ccc12. The number of carbonyl (C=O) groups is 1. The van der Waals surface area contributed by atoms with Gasteiger partial charge < -0.3 is 9.84 Å². The van der Waals surface area contributed by atoms with Gasteiger partial charge in [-0.25, -0.2) is 0 Å². The van der Waals surface area contributed by atoms with Gasteiger partial charge in [-0.15, -0.1) is 0 Å². The lowest BCUT2D eigenvalue weighted by Gasteiger charge is -2.37. The van der Waals surface area contributed by atoms with Gasteiger partial charge in [-0.05, 0) is 96.4 Å². The number of ether oxygens (including phenoxy) is 1. The molecule has 1 saturated heterocycles. The number of aliphatic carboxylic acids is 1. The maximum absolute atomic E-state index is 11.5. The third-order valence-corrected chi connectivity index (χ3v) is 8.46. The largest absolute Gasteiger partial charge is 0.490 e. The van der Waals surface area contributed by atoms with E-state index >= 15 is 0 Å². The van der Waals surface area contributed by atoms with Crippen LogP contribution in [0.15, 0.2) is 30.3 Å². The molecule has 4 rings (SSSR count). The van der Waals surface area contributed by atoms with Gasteiger partial charge in [0, 0.05) is 13.1 Å². The number of nitrogens with zero attached hydrogens (tertiary/aromatic N) is 1. The summed E-state index contributed by atoms with van der Waals surface area (Å²) in [6, 6.07) is 11.1. The van der Waals surface area contributed by atoms with Crippen molar-refractivity contribution in [1.29, 1.82) is 0 Å². The molecule has 4 nitrogen and oxygen atoms in total. The minimum atomic E-state index is -0.646. The van der Waals surface area contributed by atoms with Crippen LogP contribution in [0.4, 0.5) is 0 Å². The van der Waals surface area contributed by atoms with Gasteiger partial charge in [0.1, 0.15) is 5.75 Å². The van der Waals surface area contributed by atoms with E-state index in [4.69, 9.17) is 4.74 Å². The van der Waals surface area contributed by atoms with Crippen molar-refractivity contribution in [2.45, 2.75) is 85.8 Å². The summed E-state index contributed by atoms with van der Waals surface area (Å²) in [5.74, 6) is 1.13. The average molecular weight is 466 g/mol. The first-order valence-electron chi connectivity index (χ1n) is 13.3. The Balaban J connectivity index is 1.44. The Bertz CT molecular complexity index is 1000. The molecule has 1 aliphatic heterocycles. The predicted molar refractivity (Wildman–Crippen MR) is 139 cm³/mol. The highest BCUT2D eigenvalue weighted by atomic mass is 16.5. The molecule has 1 N–H and O–H groups in total. The van der Waals surface area contributed by atoms with Crippen LogP contribution in [-0.4, -0.2) is 35.2 Å². The Morgan fingerprint density at radius 3 is 2.44 bits per heavy atom. The molecular weight excluding hydrogens is 422 g/mol. The number of hydrogen-bond acceptors (Lipinski definition) is 3. The Morgan fingerprint density at radius 1 is 1.09 bits per heavy atom. The van der Waals surface area contributed by atoms with E-state index in [1.54, 1.807) is 0 Å². The molecule has 34 heavy (non-hydrogen) atoms. The summed E-state index contributed by atoms with van der Waals surface area (Å²) in [7, 11) is 0. The summed E-state index contributed by atoms with van der Waals surface area (Å²) in [5.41, 5.74) is 3.17. The zero-order valence-corrected chi connectivity index (χ0v) is 21.8. The number of piperidine rings is 1. The molecule has 1 heterocycles. The number of benzene rings is 2. The molecule has 0 radical (unpaired) electrons. The molecule has 0 spiro atoms. The van der Waals surface area contributed by atoms with Crippen molar-refractivity contribution in [3.8, 4) is 5.75 Å². The minimum Gasteiger partial charge on any atom is -0.490 e. The molecular formula is C30H43NO3. The van der Waals surface area contributed by atoms with Crippen LogP contribution < -0.4 is 4.74 Å². The number of rotatable bonds is 6. The van der Waals surface area contributed by atoms with E-state index < -0.39 is 5.97 Å². The van der Waals surface area contributed by atoms with E-state index in [1.807, 2.05) is 0 Å². The standard InChI is InChI=1S/C30H43NO3/c1-6-26-22(19-31-16-15-27(29(32)33)20(2)18-31)8-7-21-17-25(13-14-28(21)26)34-24-11-9-23(10-12-24)30(3,4)5/h7-8,13-14,17,20,23-24,27H,6,9-12,15-16,18-19H2,1-5H3,(H,32,33). The number of carboxylic acids is 1. The topological polar surface area (TPSA) is 49.8 Å². The molecule has 1 aliphatic carbocycles. The van der Waals surface area contributed by atoms with Crippen LogP contribution in [0.1, 0.15) is 77.8 Å². The number of likely N-dealkylation sites (tertiary alicyclic amines) is 1. The van der Waals surface area contributed by atoms with Crippen molar-refractivity contribution < 1.29 is 14.6 Å². The Labute approximate surface area is 205 Å². The monoisotopic (exact) mass is 465 g/mol. The van der Waals surface area contributed by atoms with Crippen LogP contribution in [0.25, 0.3) is 10.8 Å². The van der Waals surface area contributed by atoms with E-state index in [9.17, 15) is 9.90 Å². The third kappa shape index (κ3) is 5.59. The summed E-state index contributed by atoms with van der Waals surface area (Å²) in [5, 5.41) is 12.0. The van der Waals surface area contributed by atoms with Gasteiger partial charge in [0.2, 0.25) is 0 Å². The second-order valence-electron chi connectivity index (χ2n) is 11.8. The van der Waals surface area contributed by atoms with Crippen molar-refractivity contribution in [3.63, 3.8) is 0 Å². The number of hydrogen-bond donors (Lipinski definition) is 1. The first-order chi connectivity index (χ1) is 16.2. The van der Waals surface area contributed by atoms with Crippen molar-refractivity contribution in [1.82, 2.24) is 4.90 Å². The molecule has 1 saturated carbocycles. The molecule has 2 aromatic carbocycles. The predicted octanol–water partition coefficient (Wildman–Crippen LogP) is 6.93. The van der Waals surface area contributed by atoms with Crippen LogP contribution in [0.2, 0.25) is 0 Å².